The van der Waals surface area contributed by atoms with Crippen molar-refractivity contribution in [2.45, 2.75) is 32.3 Å². The Morgan fingerprint density at radius 1 is 1.29 bits per heavy atom. The molecule has 0 fully saturated rings. The van der Waals surface area contributed by atoms with Gasteiger partial charge in [-0.05, 0) is 41.8 Å². The molecule has 144 valence electrons. The zero-order valence-electron chi connectivity index (χ0n) is 15.4. The number of nitrogens with one attached hydrogen (secondary N) is 2. The lowest BCUT2D eigenvalue weighted by Crippen LogP contribution is -2.41. The number of hydrazone groups is 1. The summed E-state index contributed by atoms with van der Waals surface area (Å²) in [7, 11) is 0. The van der Waals surface area contributed by atoms with Gasteiger partial charge in [0.25, 0.3) is 5.91 Å². The quantitative estimate of drug-likeness (QED) is 0.832. The summed E-state index contributed by atoms with van der Waals surface area (Å²) in [6.07, 6.45) is 1.21. The predicted octanol–water partition coefficient (Wildman–Crippen LogP) is 3.00. The molecule has 7 heteroatoms. The van der Waals surface area contributed by atoms with E-state index in [2.05, 4.69) is 34.9 Å². The average Bonchev–Trinajstić information content (AvgIpc) is 3.09. The third kappa shape index (κ3) is 3.87. The molecule has 0 saturated heterocycles. The summed E-state index contributed by atoms with van der Waals surface area (Å²) < 4.78 is 6.18. The van der Waals surface area contributed by atoms with Gasteiger partial charge in [-0.3, -0.25) is 9.59 Å². The maximum absolute atomic E-state index is 12.2. The topological polar surface area (TPSA) is 79.8 Å². The van der Waals surface area contributed by atoms with Crippen LogP contribution in [0.25, 0.3) is 11.1 Å². The molecule has 1 unspecified atom stereocenters. The zero-order chi connectivity index (χ0) is 19.7. The Kier molecular flexibility index (Phi) is 5.05. The minimum absolute atomic E-state index is 0.148. The Morgan fingerprint density at radius 2 is 2.07 bits per heavy atom. The van der Waals surface area contributed by atoms with Crippen LogP contribution < -0.4 is 15.5 Å². The van der Waals surface area contributed by atoms with Crippen LogP contribution in [-0.2, 0) is 16.0 Å². The number of rotatable bonds is 4. The van der Waals surface area contributed by atoms with Gasteiger partial charge in [-0.2, -0.15) is 5.10 Å². The molecule has 0 bridgehead atoms. The van der Waals surface area contributed by atoms with E-state index in [4.69, 9.17) is 16.3 Å². The van der Waals surface area contributed by atoms with Crippen molar-refractivity contribution in [2.24, 2.45) is 5.10 Å². The van der Waals surface area contributed by atoms with Crippen molar-refractivity contribution in [3.63, 3.8) is 0 Å². The van der Waals surface area contributed by atoms with Crippen LogP contribution in [0.5, 0.6) is 5.75 Å². The van der Waals surface area contributed by atoms with E-state index < -0.39 is 0 Å². The molecule has 4 rings (SSSR count). The number of benzene rings is 2. The van der Waals surface area contributed by atoms with Gasteiger partial charge in [0.2, 0.25) is 5.91 Å². The summed E-state index contributed by atoms with van der Waals surface area (Å²) in [5.74, 6) is 0.416. The molecule has 0 aliphatic carbocycles. The largest absolute Gasteiger partial charge is 0.487 e. The maximum Gasteiger partial charge on any atom is 0.267 e. The molecule has 6 nitrogen and oxygen atoms in total. The van der Waals surface area contributed by atoms with Crippen molar-refractivity contribution in [1.29, 1.82) is 0 Å². The van der Waals surface area contributed by atoms with Gasteiger partial charge in [-0.15, -0.1) is 0 Å². The van der Waals surface area contributed by atoms with Gasteiger partial charge in [-0.25, -0.2) is 5.43 Å². The van der Waals surface area contributed by atoms with E-state index in [-0.39, 0.29) is 24.3 Å². The van der Waals surface area contributed by atoms with Crippen LogP contribution >= 0.6 is 11.6 Å². The average molecular weight is 398 g/mol. The fourth-order valence-corrected chi connectivity index (χ4v) is 3.62. The summed E-state index contributed by atoms with van der Waals surface area (Å²) in [6.45, 7) is 2.43. The van der Waals surface area contributed by atoms with E-state index in [1.54, 1.807) is 0 Å². The number of carbonyl (C=O) groups excluding carboxylic acids is 2. The summed E-state index contributed by atoms with van der Waals surface area (Å²) in [5, 5.41) is 7.37. The summed E-state index contributed by atoms with van der Waals surface area (Å²) in [4.78, 5) is 23.4. The van der Waals surface area contributed by atoms with Gasteiger partial charge < -0.3 is 10.1 Å². The Hall–Kier alpha value is -2.86. The molecule has 2 aromatic rings. The molecule has 2 aliphatic rings. The lowest BCUT2D eigenvalue weighted by Gasteiger charge is -2.15. The van der Waals surface area contributed by atoms with Crippen molar-refractivity contribution in [3.05, 3.63) is 52.5 Å². The SMILES string of the molecule is Cc1cc2c(c(-c3ccc(Cl)cc3)c1)OC(CNC(=O)C1=NNC(=O)CC1)C2. The van der Waals surface area contributed by atoms with Gasteiger partial charge in [0.05, 0.1) is 6.54 Å². The first kappa shape index (κ1) is 18.5. The highest BCUT2D eigenvalue weighted by molar-refractivity contribution is 6.39. The summed E-state index contributed by atoms with van der Waals surface area (Å²) in [5.41, 5.74) is 7.04. The van der Waals surface area contributed by atoms with E-state index in [1.165, 1.54) is 0 Å². The van der Waals surface area contributed by atoms with E-state index >= 15 is 0 Å². The molecule has 2 heterocycles. The van der Waals surface area contributed by atoms with Crippen LogP contribution in [0.3, 0.4) is 0 Å². The first-order valence-corrected chi connectivity index (χ1v) is 9.57. The molecule has 2 aliphatic heterocycles. The molecular formula is C21H20ClN3O3. The number of aryl methyl sites for hydroxylation is 1. The number of carbonyl (C=O) groups is 2. The smallest absolute Gasteiger partial charge is 0.267 e. The second-order valence-electron chi connectivity index (χ2n) is 7.06. The maximum atomic E-state index is 12.2. The van der Waals surface area contributed by atoms with Gasteiger partial charge in [0.15, 0.2) is 0 Å². The highest BCUT2D eigenvalue weighted by Crippen LogP contribution is 2.40. The van der Waals surface area contributed by atoms with Crippen LogP contribution in [0.1, 0.15) is 24.0 Å². The Balaban J connectivity index is 1.46. The van der Waals surface area contributed by atoms with Crippen molar-refractivity contribution in [2.75, 3.05) is 6.54 Å². The normalized spacial score (nSPS) is 18.0. The standard InChI is InChI=1S/C21H20ClN3O3/c1-12-8-14-10-16(11-23-21(27)18-6-7-19(26)25-24-18)28-20(14)17(9-12)13-2-4-15(22)5-3-13/h2-5,8-9,16H,6-7,10-11H2,1H3,(H,23,27)(H,25,26). The van der Waals surface area contributed by atoms with Gasteiger partial charge in [0.1, 0.15) is 17.6 Å². The minimum Gasteiger partial charge on any atom is -0.487 e. The van der Waals surface area contributed by atoms with Crippen LogP contribution in [0.15, 0.2) is 41.5 Å². The van der Waals surface area contributed by atoms with E-state index in [1.807, 2.05) is 24.3 Å². The van der Waals surface area contributed by atoms with Gasteiger partial charge in [-0.1, -0.05) is 29.8 Å². The highest BCUT2D eigenvalue weighted by atomic mass is 35.5. The third-order valence-corrected chi connectivity index (χ3v) is 5.11. The van der Waals surface area contributed by atoms with Crippen molar-refractivity contribution >= 4 is 29.1 Å². The van der Waals surface area contributed by atoms with Gasteiger partial charge >= 0.3 is 0 Å². The second-order valence-corrected chi connectivity index (χ2v) is 7.49. The second kappa shape index (κ2) is 7.64. The van der Waals surface area contributed by atoms with Crippen molar-refractivity contribution in [3.8, 4) is 16.9 Å². The van der Waals surface area contributed by atoms with E-state index in [0.29, 0.717) is 23.7 Å². The number of ether oxygens (including phenoxy) is 1. The predicted molar refractivity (Wildman–Crippen MR) is 108 cm³/mol. The molecular weight excluding hydrogens is 378 g/mol. The third-order valence-electron chi connectivity index (χ3n) is 4.85. The number of hydrogen-bond acceptors (Lipinski definition) is 4. The Bertz CT molecular complexity index is 970. The van der Waals surface area contributed by atoms with E-state index in [0.717, 1.165) is 34.4 Å². The molecule has 2 aromatic carbocycles. The van der Waals surface area contributed by atoms with Crippen LogP contribution in [0.4, 0.5) is 0 Å². The summed E-state index contributed by atoms with van der Waals surface area (Å²) >= 11 is 6.01. The minimum atomic E-state index is -0.270. The molecule has 0 saturated carbocycles. The van der Waals surface area contributed by atoms with Gasteiger partial charge in [0, 0.05) is 29.8 Å². The van der Waals surface area contributed by atoms with Crippen molar-refractivity contribution < 1.29 is 14.3 Å². The first-order valence-electron chi connectivity index (χ1n) is 9.19. The molecule has 2 amide bonds. The van der Waals surface area contributed by atoms with Crippen LogP contribution in [-0.4, -0.2) is 30.2 Å². The van der Waals surface area contributed by atoms with Crippen molar-refractivity contribution in [1.82, 2.24) is 10.7 Å². The molecule has 0 radical (unpaired) electrons. The fourth-order valence-electron chi connectivity index (χ4n) is 3.50. The van der Waals surface area contributed by atoms with E-state index in [9.17, 15) is 9.59 Å². The molecule has 0 spiro atoms. The molecule has 2 N–H and O–H groups in total. The number of amides is 2. The monoisotopic (exact) mass is 397 g/mol. The fraction of sp³-hybridized carbons (Fsp3) is 0.286. The van der Waals surface area contributed by atoms with Crippen LogP contribution in [0.2, 0.25) is 5.02 Å². The molecule has 1 atom stereocenters. The molecule has 0 aromatic heterocycles. The number of halogens is 1. The zero-order valence-corrected chi connectivity index (χ0v) is 16.2. The lowest BCUT2D eigenvalue weighted by molar-refractivity contribution is -0.121. The Morgan fingerprint density at radius 3 is 2.79 bits per heavy atom. The van der Waals surface area contributed by atoms with Crippen LogP contribution in [0, 0.1) is 6.92 Å². The number of fused-ring (bicyclic) bond motifs is 1. The number of nitrogens with zero attached hydrogens (tertiary/aromatic N) is 1. The Labute approximate surface area is 167 Å². The number of hydrogen-bond donors (Lipinski definition) is 2. The first-order chi connectivity index (χ1) is 13.5. The summed E-state index contributed by atoms with van der Waals surface area (Å²) in [6, 6.07) is 11.9. The lowest BCUT2D eigenvalue weighted by atomic mass is 9.98. The highest BCUT2D eigenvalue weighted by Gasteiger charge is 2.27. The molecule has 28 heavy (non-hydrogen) atoms.